The second-order valence-electron chi connectivity index (χ2n) is 6.38. The van der Waals surface area contributed by atoms with Crippen LogP contribution in [0.2, 0.25) is 0 Å². The molecule has 0 saturated heterocycles. The van der Waals surface area contributed by atoms with Crippen LogP contribution < -0.4 is 10.6 Å². The van der Waals surface area contributed by atoms with E-state index in [1.807, 2.05) is 18.2 Å². The maximum Gasteiger partial charge on any atom is 0.319 e. The number of aromatic nitrogens is 4. The summed E-state index contributed by atoms with van der Waals surface area (Å²) in [6.07, 6.45) is 5.70. The summed E-state index contributed by atoms with van der Waals surface area (Å²) >= 11 is 0. The number of carbonyl (C=O) groups excluding carboxylic acids is 1. The number of fused-ring (bicyclic) bond motifs is 1. The summed E-state index contributed by atoms with van der Waals surface area (Å²) in [7, 11) is 0. The molecule has 0 aliphatic carbocycles. The first-order chi connectivity index (χ1) is 12.8. The summed E-state index contributed by atoms with van der Waals surface area (Å²) in [5.74, 6) is 1.93. The van der Waals surface area contributed by atoms with Gasteiger partial charge in [-0.15, -0.1) is 10.2 Å². The van der Waals surface area contributed by atoms with Gasteiger partial charge in [-0.3, -0.25) is 4.98 Å². The Labute approximate surface area is 151 Å². The third kappa shape index (κ3) is 3.72. The van der Waals surface area contributed by atoms with Gasteiger partial charge in [0.2, 0.25) is 0 Å². The smallest absolute Gasteiger partial charge is 0.319 e. The second-order valence-corrected chi connectivity index (χ2v) is 6.38. The zero-order chi connectivity index (χ0) is 17.8. The highest BCUT2D eigenvalue weighted by molar-refractivity contribution is 5.89. The van der Waals surface area contributed by atoms with E-state index in [1.165, 1.54) is 5.56 Å². The SMILES string of the molecule is O=C(Nc1ccncc1)NC1CCc2nnc(Cc3ccccc3)n2C1. The standard InChI is InChI=1S/C19H20N6O/c26-19(21-15-8-10-20-11-9-15)22-16-6-7-17-23-24-18(25(17)13-16)12-14-4-2-1-3-5-14/h1-5,8-11,16H,6-7,12-13H2,(H2,20,21,22,26). The third-order valence-electron chi connectivity index (χ3n) is 4.50. The largest absolute Gasteiger partial charge is 0.333 e. The highest BCUT2D eigenvalue weighted by Gasteiger charge is 2.24. The third-order valence-corrected chi connectivity index (χ3v) is 4.50. The molecule has 0 fully saturated rings. The number of carbonyl (C=O) groups is 1. The second kappa shape index (κ2) is 7.35. The Morgan fingerprint density at radius 2 is 1.92 bits per heavy atom. The van der Waals surface area contributed by atoms with Gasteiger partial charge in [0, 0.05) is 43.5 Å². The summed E-state index contributed by atoms with van der Waals surface area (Å²) in [6.45, 7) is 0.689. The number of hydrogen-bond donors (Lipinski definition) is 2. The van der Waals surface area contributed by atoms with Crippen LogP contribution in [0, 0.1) is 0 Å². The van der Waals surface area contributed by atoms with Gasteiger partial charge in [0.05, 0.1) is 0 Å². The number of urea groups is 1. The van der Waals surface area contributed by atoms with Gasteiger partial charge in [0.1, 0.15) is 11.6 Å². The van der Waals surface area contributed by atoms with Crippen molar-refractivity contribution < 1.29 is 4.79 Å². The highest BCUT2D eigenvalue weighted by Crippen LogP contribution is 2.17. The Kier molecular flexibility index (Phi) is 4.59. The van der Waals surface area contributed by atoms with Gasteiger partial charge in [-0.25, -0.2) is 4.79 Å². The molecule has 4 rings (SSSR count). The van der Waals surface area contributed by atoms with Crippen molar-refractivity contribution in [1.29, 1.82) is 0 Å². The lowest BCUT2D eigenvalue weighted by Gasteiger charge is -2.25. The van der Waals surface area contributed by atoms with Gasteiger partial charge < -0.3 is 15.2 Å². The van der Waals surface area contributed by atoms with Crippen molar-refractivity contribution in [3.63, 3.8) is 0 Å². The van der Waals surface area contributed by atoms with Crippen LogP contribution in [-0.2, 0) is 19.4 Å². The predicted molar refractivity (Wildman–Crippen MR) is 97.8 cm³/mol. The van der Waals surface area contributed by atoms with Crippen molar-refractivity contribution >= 4 is 11.7 Å². The van der Waals surface area contributed by atoms with E-state index in [9.17, 15) is 4.79 Å². The molecule has 1 atom stereocenters. The zero-order valence-electron chi connectivity index (χ0n) is 14.3. The Morgan fingerprint density at radius 1 is 1.12 bits per heavy atom. The van der Waals surface area contributed by atoms with Crippen LogP contribution in [0.25, 0.3) is 0 Å². The molecule has 1 aliphatic rings. The van der Waals surface area contributed by atoms with Gasteiger partial charge in [0.25, 0.3) is 0 Å². The van der Waals surface area contributed by atoms with Gasteiger partial charge >= 0.3 is 6.03 Å². The molecule has 26 heavy (non-hydrogen) atoms. The molecule has 2 amide bonds. The van der Waals surface area contributed by atoms with Crippen molar-refractivity contribution in [2.24, 2.45) is 0 Å². The topological polar surface area (TPSA) is 84.7 Å². The number of nitrogens with zero attached hydrogens (tertiary/aromatic N) is 4. The molecular weight excluding hydrogens is 328 g/mol. The molecular formula is C19H20N6O. The fraction of sp³-hybridized carbons (Fsp3) is 0.263. The van der Waals surface area contributed by atoms with E-state index in [-0.39, 0.29) is 12.1 Å². The lowest BCUT2D eigenvalue weighted by atomic mass is 10.1. The zero-order valence-corrected chi connectivity index (χ0v) is 14.3. The number of rotatable bonds is 4. The molecule has 1 aromatic carbocycles. The summed E-state index contributed by atoms with van der Waals surface area (Å²) in [5.41, 5.74) is 1.93. The highest BCUT2D eigenvalue weighted by atomic mass is 16.2. The molecule has 132 valence electrons. The number of aryl methyl sites for hydroxylation is 1. The van der Waals surface area contributed by atoms with Crippen molar-refractivity contribution in [2.45, 2.75) is 31.8 Å². The normalized spacial score (nSPS) is 15.9. The molecule has 0 saturated carbocycles. The van der Waals surface area contributed by atoms with Crippen LogP contribution >= 0.6 is 0 Å². The summed E-state index contributed by atoms with van der Waals surface area (Å²) in [6, 6.07) is 13.6. The quantitative estimate of drug-likeness (QED) is 0.758. The molecule has 1 unspecified atom stereocenters. The van der Waals surface area contributed by atoms with E-state index in [2.05, 4.69) is 42.5 Å². The minimum absolute atomic E-state index is 0.0508. The number of anilines is 1. The van der Waals surface area contributed by atoms with Crippen molar-refractivity contribution in [2.75, 3.05) is 5.32 Å². The number of benzene rings is 1. The van der Waals surface area contributed by atoms with Gasteiger partial charge in [-0.2, -0.15) is 0 Å². The van der Waals surface area contributed by atoms with E-state index >= 15 is 0 Å². The first-order valence-corrected chi connectivity index (χ1v) is 8.70. The molecule has 0 bridgehead atoms. The molecule has 7 nitrogen and oxygen atoms in total. The lowest BCUT2D eigenvalue weighted by molar-refractivity contribution is 0.244. The first kappa shape index (κ1) is 16.3. The number of nitrogens with one attached hydrogen (secondary N) is 2. The van der Waals surface area contributed by atoms with E-state index < -0.39 is 0 Å². The Hall–Kier alpha value is -3.22. The Bertz CT molecular complexity index is 878. The fourth-order valence-corrected chi connectivity index (χ4v) is 3.20. The molecule has 0 radical (unpaired) electrons. The lowest BCUT2D eigenvalue weighted by Crippen LogP contribution is -2.43. The van der Waals surface area contributed by atoms with Gasteiger partial charge in [0.15, 0.2) is 0 Å². The van der Waals surface area contributed by atoms with Gasteiger partial charge in [-0.1, -0.05) is 30.3 Å². The average molecular weight is 348 g/mol. The summed E-state index contributed by atoms with van der Waals surface area (Å²) in [5, 5.41) is 14.5. The van der Waals surface area contributed by atoms with Crippen LogP contribution in [0.4, 0.5) is 10.5 Å². The predicted octanol–water partition coefficient (Wildman–Crippen LogP) is 2.40. The van der Waals surface area contributed by atoms with Crippen LogP contribution in [0.5, 0.6) is 0 Å². The van der Waals surface area contributed by atoms with Crippen LogP contribution in [0.3, 0.4) is 0 Å². The minimum Gasteiger partial charge on any atom is -0.333 e. The van der Waals surface area contributed by atoms with Crippen LogP contribution in [0.15, 0.2) is 54.9 Å². The maximum absolute atomic E-state index is 12.2. The monoisotopic (exact) mass is 348 g/mol. The molecule has 7 heteroatoms. The van der Waals surface area contributed by atoms with Crippen LogP contribution in [-0.4, -0.2) is 31.8 Å². The van der Waals surface area contributed by atoms with Crippen molar-refractivity contribution in [3.8, 4) is 0 Å². The van der Waals surface area contributed by atoms with Gasteiger partial charge in [-0.05, 0) is 24.1 Å². The van der Waals surface area contributed by atoms with Crippen LogP contribution in [0.1, 0.15) is 23.6 Å². The van der Waals surface area contributed by atoms with E-state index in [0.717, 1.165) is 36.6 Å². The number of pyridine rings is 1. The number of hydrogen-bond acceptors (Lipinski definition) is 4. The van der Waals surface area contributed by atoms with Crippen molar-refractivity contribution in [3.05, 3.63) is 72.1 Å². The van der Waals surface area contributed by atoms with Crippen molar-refractivity contribution in [1.82, 2.24) is 25.1 Å². The molecule has 3 aromatic rings. The van der Waals surface area contributed by atoms with E-state index in [1.54, 1.807) is 24.5 Å². The molecule has 3 heterocycles. The minimum atomic E-state index is -0.206. The Morgan fingerprint density at radius 3 is 2.73 bits per heavy atom. The molecule has 2 N–H and O–H groups in total. The van der Waals surface area contributed by atoms with E-state index in [4.69, 9.17) is 0 Å². The molecule has 1 aliphatic heterocycles. The fourth-order valence-electron chi connectivity index (χ4n) is 3.20. The average Bonchev–Trinajstić information content (AvgIpc) is 3.05. The molecule has 0 spiro atoms. The Balaban J connectivity index is 1.41. The van der Waals surface area contributed by atoms with E-state index in [0.29, 0.717) is 6.54 Å². The maximum atomic E-state index is 12.2. The number of amides is 2. The molecule has 2 aromatic heterocycles. The first-order valence-electron chi connectivity index (χ1n) is 8.70. The summed E-state index contributed by atoms with van der Waals surface area (Å²) < 4.78 is 2.13. The summed E-state index contributed by atoms with van der Waals surface area (Å²) in [4.78, 5) is 16.2.